The van der Waals surface area contributed by atoms with E-state index in [4.69, 9.17) is 0 Å². The van der Waals surface area contributed by atoms with Gasteiger partial charge in [-0.25, -0.2) is 12.8 Å². The first-order valence-electron chi connectivity index (χ1n) is 9.56. The first-order valence-corrected chi connectivity index (χ1v) is 11.0. The minimum atomic E-state index is -3.73. The molecule has 1 amide bonds. The van der Waals surface area contributed by atoms with E-state index in [1.807, 2.05) is 23.1 Å². The van der Waals surface area contributed by atoms with Gasteiger partial charge in [-0.3, -0.25) is 4.79 Å². The summed E-state index contributed by atoms with van der Waals surface area (Å²) in [4.78, 5) is 15.0. The van der Waals surface area contributed by atoms with Crippen LogP contribution in [0, 0.1) is 11.7 Å². The van der Waals surface area contributed by atoms with Crippen LogP contribution in [0.25, 0.3) is 0 Å². The number of hydrogen-bond acceptors (Lipinski definition) is 3. The van der Waals surface area contributed by atoms with Crippen LogP contribution in [-0.2, 0) is 27.8 Å². The summed E-state index contributed by atoms with van der Waals surface area (Å²) >= 11 is 0. The SMILES string of the molecule is O=C([C@H]1CCCN(S(=O)(=O)c2ccc(F)cc2)C1)N1CCc2ccccc2C1. The van der Waals surface area contributed by atoms with E-state index in [-0.39, 0.29) is 23.3 Å². The lowest BCUT2D eigenvalue weighted by atomic mass is 9.95. The van der Waals surface area contributed by atoms with Crippen LogP contribution in [0.3, 0.4) is 0 Å². The zero-order chi connectivity index (χ0) is 19.7. The molecule has 2 aliphatic heterocycles. The molecule has 1 atom stereocenters. The molecule has 2 aliphatic rings. The van der Waals surface area contributed by atoms with Gasteiger partial charge in [0.15, 0.2) is 0 Å². The standard InChI is InChI=1S/C21H23FN2O3S/c22-19-7-9-20(10-8-19)28(26,27)24-12-3-6-18(15-24)21(25)23-13-11-16-4-1-2-5-17(16)14-23/h1-2,4-5,7-10,18H,3,6,11-15H2/t18-/m0/s1. The number of rotatable bonds is 3. The summed E-state index contributed by atoms with van der Waals surface area (Å²) in [5.41, 5.74) is 2.43. The van der Waals surface area contributed by atoms with E-state index in [1.54, 1.807) is 0 Å². The van der Waals surface area contributed by atoms with Crippen LogP contribution in [0.1, 0.15) is 24.0 Å². The molecule has 5 nitrogen and oxygen atoms in total. The zero-order valence-corrected chi connectivity index (χ0v) is 16.4. The van der Waals surface area contributed by atoms with Gasteiger partial charge in [-0.15, -0.1) is 0 Å². The predicted octanol–water partition coefficient (Wildman–Crippen LogP) is 2.81. The van der Waals surface area contributed by atoms with Crippen molar-refractivity contribution in [3.05, 3.63) is 65.5 Å². The second-order valence-corrected chi connectivity index (χ2v) is 9.37. The molecule has 2 aromatic rings. The summed E-state index contributed by atoms with van der Waals surface area (Å²) in [7, 11) is -3.73. The van der Waals surface area contributed by atoms with Crippen molar-refractivity contribution < 1.29 is 17.6 Å². The molecule has 148 valence electrons. The Balaban J connectivity index is 1.48. The summed E-state index contributed by atoms with van der Waals surface area (Å²) in [6.07, 6.45) is 2.15. The number of nitrogens with zero attached hydrogens (tertiary/aromatic N) is 2. The van der Waals surface area contributed by atoms with Gasteiger partial charge in [0.05, 0.1) is 10.8 Å². The Bertz CT molecular complexity index is 975. The smallest absolute Gasteiger partial charge is 0.243 e. The van der Waals surface area contributed by atoms with Crippen molar-refractivity contribution in [2.24, 2.45) is 5.92 Å². The minimum absolute atomic E-state index is 0.0218. The zero-order valence-electron chi connectivity index (χ0n) is 15.6. The van der Waals surface area contributed by atoms with Crippen LogP contribution in [0.5, 0.6) is 0 Å². The van der Waals surface area contributed by atoms with Crippen molar-refractivity contribution in [3.8, 4) is 0 Å². The van der Waals surface area contributed by atoms with Crippen LogP contribution >= 0.6 is 0 Å². The topological polar surface area (TPSA) is 57.7 Å². The fourth-order valence-electron chi connectivity index (χ4n) is 4.06. The monoisotopic (exact) mass is 402 g/mol. The highest BCUT2D eigenvalue weighted by molar-refractivity contribution is 7.89. The molecule has 0 aromatic heterocycles. The molecule has 0 saturated carbocycles. The molecule has 0 N–H and O–H groups in total. The summed E-state index contributed by atoms with van der Waals surface area (Å²) in [6.45, 7) is 1.80. The van der Waals surface area contributed by atoms with Crippen molar-refractivity contribution in [3.63, 3.8) is 0 Å². The maximum atomic E-state index is 13.1. The number of carbonyl (C=O) groups is 1. The third-order valence-electron chi connectivity index (χ3n) is 5.63. The average molecular weight is 402 g/mol. The van der Waals surface area contributed by atoms with Crippen molar-refractivity contribution in [2.45, 2.75) is 30.7 Å². The Morgan fingerprint density at radius 2 is 1.71 bits per heavy atom. The maximum Gasteiger partial charge on any atom is 0.243 e. The van der Waals surface area contributed by atoms with Crippen LogP contribution < -0.4 is 0 Å². The van der Waals surface area contributed by atoms with Gasteiger partial charge in [0.1, 0.15) is 5.82 Å². The molecule has 2 aromatic carbocycles. The van der Waals surface area contributed by atoms with Crippen LogP contribution in [0.2, 0.25) is 0 Å². The lowest BCUT2D eigenvalue weighted by molar-refractivity contribution is -0.137. The summed E-state index contributed by atoms with van der Waals surface area (Å²) < 4.78 is 40.3. The number of piperidine rings is 1. The summed E-state index contributed by atoms with van der Waals surface area (Å²) in [5.74, 6) is -0.793. The molecule has 4 rings (SSSR count). The lowest BCUT2D eigenvalue weighted by Crippen LogP contribution is -2.47. The molecule has 1 fully saturated rings. The molecule has 7 heteroatoms. The summed E-state index contributed by atoms with van der Waals surface area (Å²) in [5, 5.41) is 0. The van der Waals surface area contributed by atoms with E-state index in [0.29, 0.717) is 32.5 Å². The molecule has 28 heavy (non-hydrogen) atoms. The third-order valence-corrected chi connectivity index (χ3v) is 7.51. The molecule has 2 heterocycles. The molecular weight excluding hydrogens is 379 g/mol. The fourth-order valence-corrected chi connectivity index (χ4v) is 5.58. The largest absolute Gasteiger partial charge is 0.338 e. The van der Waals surface area contributed by atoms with Crippen molar-refractivity contribution >= 4 is 15.9 Å². The quantitative estimate of drug-likeness (QED) is 0.793. The highest BCUT2D eigenvalue weighted by Crippen LogP contribution is 2.27. The van der Waals surface area contributed by atoms with Crippen LogP contribution in [0.4, 0.5) is 4.39 Å². The molecule has 0 bridgehead atoms. The van der Waals surface area contributed by atoms with Crippen LogP contribution in [0.15, 0.2) is 53.4 Å². The molecule has 0 spiro atoms. The van der Waals surface area contributed by atoms with Gasteiger partial charge < -0.3 is 4.90 Å². The first-order chi connectivity index (χ1) is 13.4. The predicted molar refractivity (Wildman–Crippen MR) is 103 cm³/mol. The van der Waals surface area contributed by atoms with Crippen molar-refractivity contribution in [2.75, 3.05) is 19.6 Å². The van der Waals surface area contributed by atoms with E-state index in [1.165, 1.54) is 22.0 Å². The number of benzene rings is 2. The number of hydrogen-bond donors (Lipinski definition) is 0. The molecule has 0 radical (unpaired) electrons. The van der Waals surface area contributed by atoms with Gasteiger partial charge >= 0.3 is 0 Å². The highest BCUT2D eigenvalue weighted by Gasteiger charge is 2.35. The fraction of sp³-hybridized carbons (Fsp3) is 0.381. The second kappa shape index (κ2) is 7.64. The van der Waals surface area contributed by atoms with Crippen LogP contribution in [-0.4, -0.2) is 43.2 Å². The van der Waals surface area contributed by atoms with Crippen molar-refractivity contribution in [1.29, 1.82) is 0 Å². The maximum absolute atomic E-state index is 13.1. The van der Waals surface area contributed by atoms with Gasteiger partial charge in [0.2, 0.25) is 15.9 Å². The molecule has 1 saturated heterocycles. The van der Waals surface area contributed by atoms with Gasteiger partial charge in [-0.1, -0.05) is 24.3 Å². The summed E-state index contributed by atoms with van der Waals surface area (Å²) in [6, 6.07) is 13.0. The number of carbonyl (C=O) groups excluding carboxylic acids is 1. The Morgan fingerprint density at radius 1 is 1.00 bits per heavy atom. The molecular formula is C21H23FN2O3S. The van der Waals surface area contributed by atoms with E-state index in [9.17, 15) is 17.6 Å². The van der Waals surface area contributed by atoms with Crippen molar-refractivity contribution in [1.82, 2.24) is 9.21 Å². The minimum Gasteiger partial charge on any atom is -0.338 e. The van der Waals surface area contributed by atoms with Gasteiger partial charge in [-0.05, 0) is 54.7 Å². The third kappa shape index (κ3) is 3.69. The average Bonchev–Trinajstić information content (AvgIpc) is 2.73. The highest BCUT2D eigenvalue weighted by atomic mass is 32.2. The Labute approximate surface area is 164 Å². The molecule has 0 aliphatic carbocycles. The van der Waals surface area contributed by atoms with Gasteiger partial charge in [-0.2, -0.15) is 4.31 Å². The Kier molecular flexibility index (Phi) is 5.21. The van der Waals surface area contributed by atoms with Gasteiger partial charge in [0, 0.05) is 26.2 Å². The molecule has 0 unspecified atom stereocenters. The van der Waals surface area contributed by atoms with E-state index >= 15 is 0 Å². The van der Waals surface area contributed by atoms with E-state index in [0.717, 1.165) is 24.1 Å². The Morgan fingerprint density at radius 3 is 2.46 bits per heavy atom. The lowest BCUT2D eigenvalue weighted by Gasteiger charge is -2.36. The number of halogens is 1. The van der Waals surface area contributed by atoms with E-state index < -0.39 is 15.8 Å². The normalized spacial score (nSPS) is 20.6. The Hall–Kier alpha value is -2.25. The number of amides is 1. The van der Waals surface area contributed by atoms with Gasteiger partial charge in [0.25, 0.3) is 0 Å². The second-order valence-electron chi connectivity index (χ2n) is 7.43. The number of sulfonamides is 1. The number of fused-ring (bicyclic) bond motifs is 1. The van der Waals surface area contributed by atoms with E-state index in [2.05, 4.69) is 6.07 Å². The first kappa shape index (κ1) is 19.1.